The van der Waals surface area contributed by atoms with Crippen molar-refractivity contribution in [3.8, 4) is 16.9 Å². The second-order valence-corrected chi connectivity index (χ2v) is 12.6. The molecule has 6 aromatic rings. The molecule has 2 N–H and O–H groups in total. The highest BCUT2D eigenvalue weighted by atomic mass is 19.4. The van der Waals surface area contributed by atoms with Crippen molar-refractivity contribution in [1.29, 1.82) is 0 Å². The lowest BCUT2D eigenvalue weighted by Crippen LogP contribution is -2.37. The molecule has 0 bridgehead atoms. The standard InChI is InChI=1S/C39H33F3N2O2.C3H8O/c1-28(2)38(45,34-20-12-13-30(25-34)29-21-23-35(24-22-29)46-39(40,41)42)36-26-44(27-43-36)37(31-14-6-3-7-15-31,32-16-8-4-9-17-32)33-18-10-5-11-19-33;1-3(2)4/h3-28,45H,1-2H3;3-4H,1-2H3. The molecule has 0 saturated heterocycles. The Hall–Kier alpha value is -5.18. The van der Waals surface area contributed by atoms with Gasteiger partial charge < -0.3 is 19.5 Å². The highest BCUT2D eigenvalue weighted by molar-refractivity contribution is 5.65. The van der Waals surface area contributed by atoms with Crippen molar-refractivity contribution in [2.75, 3.05) is 0 Å². The molecule has 5 nitrogen and oxygen atoms in total. The third-order valence-corrected chi connectivity index (χ3v) is 8.49. The van der Waals surface area contributed by atoms with Crippen LogP contribution in [-0.4, -0.2) is 32.2 Å². The first kappa shape index (κ1) is 36.1. The average Bonchev–Trinajstić information content (AvgIpc) is 3.60. The summed E-state index contributed by atoms with van der Waals surface area (Å²) in [7, 11) is 0. The molecular weight excluding hydrogens is 637 g/mol. The van der Waals surface area contributed by atoms with Crippen LogP contribution in [-0.2, 0) is 11.1 Å². The molecule has 1 atom stereocenters. The molecule has 8 heteroatoms. The SMILES string of the molecule is CC(C)C(O)(c1cccc(-c2ccc(OC(F)(F)F)cc2)c1)c1cn(C(c2ccccc2)(c2ccccc2)c2ccccc2)cn1.CC(C)O. The Labute approximate surface area is 291 Å². The Kier molecular flexibility index (Phi) is 10.9. The van der Waals surface area contributed by atoms with Gasteiger partial charge in [-0.2, -0.15) is 0 Å². The van der Waals surface area contributed by atoms with E-state index in [1.807, 2.05) is 98.9 Å². The van der Waals surface area contributed by atoms with Crippen molar-refractivity contribution < 1.29 is 28.1 Å². The number of aliphatic hydroxyl groups is 2. The normalized spacial score (nSPS) is 13.0. The molecule has 0 amide bonds. The number of hydrogen-bond acceptors (Lipinski definition) is 4. The number of ether oxygens (including phenoxy) is 1. The molecule has 6 rings (SSSR count). The summed E-state index contributed by atoms with van der Waals surface area (Å²) in [5, 5.41) is 20.6. The summed E-state index contributed by atoms with van der Waals surface area (Å²) in [6.45, 7) is 7.32. The summed E-state index contributed by atoms with van der Waals surface area (Å²) >= 11 is 0. The van der Waals surface area contributed by atoms with Crippen LogP contribution in [0.3, 0.4) is 0 Å². The van der Waals surface area contributed by atoms with E-state index in [9.17, 15) is 18.3 Å². The van der Waals surface area contributed by atoms with Gasteiger partial charge in [-0.05, 0) is 71.3 Å². The van der Waals surface area contributed by atoms with E-state index in [0.29, 0.717) is 16.8 Å². The number of aliphatic hydroxyl groups excluding tert-OH is 1. The Morgan fingerprint density at radius 3 is 1.52 bits per heavy atom. The molecule has 0 aliphatic rings. The Morgan fingerprint density at radius 1 is 0.620 bits per heavy atom. The summed E-state index contributed by atoms with van der Waals surface area (Å²) in [5.41, 5.74) is 3.32. The molecule has 258 valence electrons. The third-order valence-electron chi connectivity index (χ3n) is 8.49. The summed E-state index contributed by atoms with van der Waals surface area (Å²) in [5.74, 6) is -0.580. The molecule has 0 aliphatic carbocycles. The van der Waals surface area contributed by atoms with Gasteiger partial charge in [0.1, 0.15) is 16.9 Å². The number of hydrogen-bond donors (Lipinski definition) is 2. The number of alkyl halides is 3. The van der Waals surface area contributed by atoms with Crippen LogP contribution in [0.15, 0.2) is 152 Å². The van der Waals surface area contributed by atoms with Crippen molar-refractivity contribution >= 4 is 0 Å². The van der Waals surface area contributed by atoms with Gasteiger partial charge in [0.15, 0.2) is 0 Å². The zero-order chi connectivity index (χ0) is 35.9. The van der Waals surface area contributed by atoms with Gasteiger partial charge in [-0.1, -0.05) is 135 Å². The van der Waals surface area contributed by atoms with E-state index in [4.69, 9.17) is 10.1 Å². The van der Waals surface area contributed by atoms with Gasteiger partial charge in [0.05, 0.1) is 12.0 Å². The fourth-order valence-electron chi connectivity index (χ4n) is 6.25. The van der Waals surface area contributed by atoms with Crippen molar-refractivity contribution in [3.05, 3.63) is 180 Å². The molecule has 0 saturated carbocycles. The van der Waals surface area contributed by atoms with Gasteiger partial charge in [0.2, 0.25) is 0 Å². The monoisotopic (exact) mass is 678 g/mol. The number of imidazole rings is 1. The van der Waals surface area contributed by atoms with Gasteiger partial charge in [0.25, 0.3) is 0 Å². The molecule has 50 heavy (non-hydrogen) atoms. The van der Waals surface area contributed by atoms with E-state index in [-0.39, 0.29) is 17.8 Å². The second-order valence-electron chi connectivity index (χ2n) is 12.6. The van der Waals surface area contributed by atoms with Crippen LogP contribution < -0.4 is 4.74 Å². The molecule has 0 fully saturated rings. The Morgan fingerprint density at radius 2 is 1.08 bits per heavy atom. The Balaban J connectivity index is 0.00000115. The first-order valence-electron chi connectivity index (χ1n) is 16.4. The van der Waals surface area contributed by atoms with Crippen LogP contribution in [0, 0.1) is 5.92 Å². The molecule has 5 aromatic carbocycles. The molecule has 0 spiro atoms. The van der Waals surface area contributed by atoms with Gasteiger partial charge in [-0.3, -0.25) is 0 Å². The molecule has 1 heterocycles. The maximum absolute atomic E-state index is 12.7. The van der Waals surface area contributed by atoms with E-state index >= 15 is 0 Å². The quantitative estimate of drug-likeness (QED) is 0.150. The fourth-order valence-corrected chi connectivity index (χ4v) is 6.25. The lowest BCUT2D eigenvalue weighted by molar-refractivity contribution is -0.274. The molecule has 0 radical (unpaired) electrons. The molecule has 0 aliphatic heterocycles. The van der Waals surface area contributed by atoms with Crippen LogP contribution >= 0.6 is 0 Å². The third kappa shape index (κ3) is 7.67. The van der Waals surface area contributed by atoms with Crippen molar-refractivity contribution in [2.24, 2.45) is 5.92 Å². The molecule has 1 aromatic heterocycles. The van der Waals surface area contributed by atoms with Crippen molar-refractivity contribution in [2.45, 2.75) is 51.3 Å². The lowest BCUT2D eigenvalue weighted by atomic mass is 9.76. The van der Waals surface area contributed by atoms with Crippen LogP contribution in [0.1, 0.15) is 55.6 Å². The van der Waals surface area contributed by atoms with Crippen molar-refractivity contribution in [1.82, 2.24) is 9.55 Å². The smallest absolute Gasteiger partial charge is 0.406 e. The maximum atomic E-state index is 12.7. The lowest BCUT2D eigenvalue weighted by Gasteiger charge is -2.37. The van der Waals surface area contributed by atoms with E-state index in [1.165, 1.54) is 12.1 Å². The molecular formula is C42H41F3N2O3. The van der Waals surface area contributed by atoms with Crippen LogP contribution in [0.4, 0.5) is 13.2 Å². The topological polar surface area (TPSA) is 67.5 Å². The maximum Gasteiger partial charge on any atom is 0.573 e. The van der Waals surface area contributed by atoms with E-state index < -0.39 is 17.5 Å². The minimum absolute atomic E-state index is 0.167. The van der Waals surface area contributed by atoms with Crippen LogP contribution in [0.25, 0.3) is 11.1 Å². The summed E-state index contributed by atoms with van der Waals surface area (Å²) in [6.07, 6.45) is -1.24. The summed E-state index contributed by atoms with van der Waals surface area (Å²) in [4.78, 5) is 4.87. The second kappa shape index (κ2) is 15.2. The van der Waals surface area contributed by atoms with Gasteiger partial charge in [-0.25, -0.2) is 4.98 Å². The zero-order valence-electron chi connectivity index (χ0n) is 28.4. The minimum Gasteiger partial charge on any atom is -0.406 e. The Bertz CT molecular complexity index is 1840. The van der Waals surface area contributed by atoms with Gasteiger partial charge in [-0.15, -0.1) is 13.2 Å². The highest BCUT2D eigenvalue weighted by Gasteiger charge is 2.42. The van der Waals surface area contributed by atoms with E-state index in [1.54, 1.807) is 32.3 Å². The highest BCUT2D eigenvalue weighted by Crippen LogP contribution is 2.43. The van der Waals surface area contributed by atoms with Crippen LogP contribution in [0.5, 0.6) is 5.75 Å². The number of benzene rings is 5. The number of rotatable bonds is 9. The first-order chi connectivity index (χ1) is 23.9. The number of nitrogens with zero attached hydrogens (tertiary/aromatic N) is 2. The minimum atomic E-state index is -4.77. The molecule has 1 unspecified atom stereocenters. The fraction of sp³-hybridized carbons (Fsp3) is 0.214. The van der Waals surface area contributed by atoms with E-state index in [2.05, 4.69) is 45.7 Å². The summed E-state index contributed by atoms with van der Waals surface area (Å²) < 4.78 is 44.2. The number of halogens is 3. The number of aromatic nitrogens is 2. The van der Waals surface area contributed by atoms with Crippen LogP contribution in [0.2, 0.25) is 0 Å². The zero-order valence-corrected chi connectivity index (χ0v) is 28.4. The van der Waals surface area contributed by atoms with Gasteiger partial charge in [0, 0.05) is 12.3 Å². The summed E-state index contributed by atoms with van der Waals surface area (Å²) in [6, 6.07) is 43.8. The average molecular weight is 679 g/mol. The largest absolute Gasteiger partial charge is 0.573 e. The predicted molar refractivity (Wildman–Crippen MR) is 191 cm³/mol. The van der Waals surface area contributed by atoms with Crippen molar-refractivity contribution in [3.63, 3.8) is 0 Å². The predicted octanol–water partition coefficient (Wildman–Crippen LogP) is 9.57. The van der Waals surface area contributed by atoms with E-state index in [0.717, 1.165) is 22.3 Å². The first-order valence-corrected chi connectivity index (χ1v) is 16.4. The van der Waals surface area contributed by atoms with Gasteiger partial charge >= 0.3 is 6.36 Å².